The molecule has 2 fully saturated rings. The SMILES string of the molecule is CCN(C(=O)[C@@H]1CCN(C#N)C1)c1ccc(-c2ccc(C#N)cc2)cn1.CCN(C(=O)[C@@H]1CCN(C(=O)OC(C)(C)C)C1)c1ccc(Br)cn1.CCNc1ccc(Br)cn1.Nc1ccc(Br)cn1. The van der Waals surface area contributed by atoms with Crippen LogP contribution in [0.15, 0.2) is 111 Å². The van der Waals surface area contributed by atoms with Crippen LogP contribution in [-0.4, -0.2) is 99.1 Å². The lowest BCUT2D eigenvalue weighted by atomic mass is 10.1. The molecular weight excluding hydrogens is 1060 g/mol. The molecule has 0 saturated carbocycles. The maximum absolute atomic E-state index is 12.8. The number of carbonyl (C=O) groups is 3. The first-order chi connectivity index (χ1) is 32.5. The first-order valence-electron chi connectivity index (χ1n) is 22.0. The summed E-state index contributed by atoms with van der Waals surface area (Å²) in [5.41, 5.74) is 7.28. The fraction of sp³-hybridized carbons (Fsp3) is 0.367. The second-order valence-corrected chi connectivity index (χ2v) is 19.1. The summed E-state index contributed by atoms with van der Waals surface area (Å²) in [4.78, 5) is 61.0. The van der Waals surface area contributed by atoms with E-state index in [0.717, 1.165) is 36.9 Å². The number of halogens is 3. The molecule has 0 bridgehead atoms. The van der Waals surface area contributed by atoms with Crippen molar-refractivity contribution >= 4 is 89.0 Å². The summed E-state index contributed by atoms with van der Waals surface area (Å²) in [6.07, 6.45) is 9.94. The third kappa shape index (κ3) is 17.2. The maximum atomic E-state index is 12.8. The van der Waals surface area contributed by atoms with Crippen molar-refractivity contribution in [2.75, 3.05) is 66.7 Å². The number of nitrogens with zero attached hydrogens (tertiary/aromatic N) is 10. The molecule has 1 aromatic carbocycles. The van der Waals surface area contributed by atoms with Gasteiger partial charge < -0.3 is 25.6 Å². The van der Waals surface area contributed by atoms with Crippen LogP contribution < -0.4 is 20.9 Å². The van der Waals surface area contributed by atoms with Crippen molar-refractivity contribution in [1.29, 1.82) is 10.5 Å². The highest BCUT2D eigenvalue weighted by atomic mass is 79.9. The van der Waals surface area contributed by atoms with E-state index in [4.69, 9.17) is 21.0 Å². The molecule has 0 spiro atoms. The van der Waals surface area contributed by atoms with Crippen LogP contribution >= 0.6 is 47.8 Å². The monoisotopic (exact) mass is 1110 g/mol. The predicted octanol–water partition coefficient (Wildman–Crippen LogP) is 9.93. The van der Waals surface area contributed by atoms with Gasteiger partial charge in [0.2, 0.25) is 11.8 Å². The third-order valence-corrected chi connectivity index (χ3v) is 11.6. The Morgan fingerprint density at radius 1 is 0.721 bits per heavy atom. The molecule has 0 radical (unpaired) electrons. The number of ether oxygens (including phenoxy) is 1. The number of nitrogens with one attached hydrogen (secondary N) is 1. The minimum absolute atomic E-state index is 0.00150. The Kier molecular flexibility index (Phi) is 21.6. The zero-order valence-corrected chi connectivity index (χ0v) is 43.8. The molecule has 16 nitrogen and oxygen atoms in total. The molecule has 3 amide bonds. The van der Waals surface area contributed by atoms with Crippen LogP contribution in [0.25, 0.3) is 11.1 Å². The zero-order chi connectivity index (χ0) is 49.8. The van der Waals surface area contributed by atoms with E-state index in [1.807, 2.05) is 96.1 Å². The highest BCUT2D eigenvalue weighted by Gasteiger charge is 2.36. The summed E-state index contributed by atoms with van der Waals surface area (Å²) in [5.74, 6) is 2.35. The Labute approximate surface area is 424 Å². The summed E-state index contributed by atoms with van der Waals surface area (Å²) in [6.45, 7) is 15.4. The summed E-state index contributed by atoms with van der Waals surface area (Å²) >= 11 is 9.88. The number of carbonyl (C=O) groups excluding carboxylic acids is 3. The van der Waals surface area contributed by atoms with Gasteiger partial charge in [0.05, 0.1) is 23.5 Å². The molecule has 358 valence electrons. The number of hydrogen-bond donors (Lipinski definition) is 2. The van der Waals surface area contributed by atoms with Crippen molar-refractivity contribution < 1.29 is 19.1 Å². The fourth-order valence-corrected chi connectivity index (χ4v) is 7.54. The second kappa shape index (κ2) is 27.0. The Hall–Kier alpha value is -6.15. The van der Waals surface area contributed by atoms with E-state index in [2.05, 4.69) is 85.3 Å². The smallest absolute Gasteiger partial charge is 0.410 e. The van der Waals surface area contributed by atoms with E-state index in [1.54, 1.807) is 62.6 Å². The minimum atomic E-state index is -0.532. The van der Waals surface area contributed by atoms with Gasteiger partial charge in [-0.15, -0.1) is 0 Å². The van der Waals surface area contributed by atoms with Crippen LogP contribution in [0.1, 0.15) is 59.9 Å². The summed E-state index contributed by atoms with van der Waals surface area (Å²) in [6, 6.07) is 24.3. The Morgan fingerprint density at radius 3 is 1.69 bits per heavy atom. The number of hydrogen-bond acceptors (Lipinski definition) is 13. The topological polar surface area (TPSA) is 211 Å². The van der Waals surface area contributed by atoms with Crippen LogP contribution in [0, 0.1) is 34.6 Å². The molecule has 19 heteroatoms. The number of benzene rings is 1. The Morgan fingerprint density at radius 2 is 1.25 bits per heavy atom. The van der Waals surface area contributed by atoms with Gasteiger partial charge in [-0.05, 0) is 168 Å². The van der Waals surface area contributed by atoms with Crippen molar-refractivity contribution in [3.8, 4) is 23.4 Å². The van der Waals surface area contributed by atoms with Crippen molar-refractivity contribution in [3.05, 3.63) is 117 Å². The van der Waals surface area contributed by atoms with Gasteiger partial charge in [-0.1, -0.05) is 12.1 Å². The maximum Gasteiger partial charge on any atom is 0.410 e. The average molecular weight is 1120 g/mol. The third-order valence-electron chi connectivity index (χ3n) is 10.2. The van der Waals surface area contributed by atoms with Crippen molar-refractivity contribution in [2.24, 2.45) is 11.8 Å². The Bertz CT molecular complexity index is 2440. The summed E-state index contributed by atoms with van der Waals surface area (Å²) in [7, 11) is 0. The van der Waals surface area contributed by atoms with Crippen LogP contribution in [-0.2, 0) is 14.3 Å². The molecule has 4 aromatic heterocycles. The Balaban J connectivity index is 0.000000219. The lowest BCUT2D eigenvalue weighted by Crippen LogP contribution is -2.39. The molecule has 5 aromatic rings. The van der Waals surface area contributed by atoms with Crippen LogP contribution in [0.4, 0.5) is 28.1 Å². The van der Waals surface area contributed by atoms with Gasteiger partial charge >= 0.3 is 6.09 Å². The summed E-state index contributed by atoms with van der Waals surface area (Å²) < 4.78 is 8.21. The molecule has 2 aliphatic rings. The number of anilines is 4. The summed E-state index contributed by atoms with van der Waals surface area (Å²) in [5, 5.41) is 21.0. The van der Waals surface area contributed by atoms with E-state index in [9.17, 15) is 14.4 Å². The molecule has 2 aliphatic heterocycles. The molecule has 0 aliphatic carbocycles. The van der Waals surface area contributed by atoms with E-state index in [1.165, 1.54) is 0 Å². The van der Waals surface area contributed by atoms with Gasteiger partial charge in [0.1, 0.15) is 28.9 Å². The number of nitrogens with two attached hydrogens (primary N) is 1. The van der Waals surface area contributed by atoms with Crippen LogP contribution in [0.2, 0.25) is 0 Å². The van der Waals surface area contributed by atoms with Gasteiger partial charge in [-0.25, -0.2) is 24.7 Å². The van der Waals surface area contributed by atoms with Crippen LogP contribution in [0.5, 0.6) is 0 Å². The highest BCUT2D eigenvalue weighted by molar-refractivity contribution is 9.11. The largest absolute Gasteiger partial charge is 0.444 e. The van der Waals surface area contributed by atoms with Gasteiger partial charge in [0, 0.05) is 89.6 Å². The predicted molar refractivity (Wildman–Crippen MR) is 276 cm³/mol. The second-order valence-electron chi connectivity index (χ2n) is 16.3. The molecule has 2 saturated heterocycles. The van der Waals surface area contributed by atoms with E-state index in [-0.39, 0.29) is 29.7 Å². The normalized spacial score (nSPS) is 14.8. The minimum Gasteiger partial charge on any atom is -0.444 e. The fourth-order valence-electron chi connectivity index (χ4n) is 6.84. The van der Waals surface area contributed by atoms with Crippen molar-refractivity contribution in [2.45, 2.75) is 60.0 Å². The quantitative estimate of drug-likeness (QED) is 0.132. The van der Waals surface area contributed by atoms with Gasteiger partial charge in [-0.3, -0.25) is 19.4 Å². The molecular formula is C49H57Br3N12O4. The van der Waals surface area contributed by atoms with Gasteiger partial charge in [0.15, 0.2) is 6.19 Å². The number of rotatable bonds is 9. The number of amides is 3. The zero-order valence-electron chi connectivity index (χ0n) is 39.1. The van der Waals surface area contributed by atoms with Crippen LogP contribution in [0.3, 0.4) is 0 Å². The number of nitrogen functional groups attached to an aromatic ring is 1. The number of likely N-dealkylation sites (tertiary alicyclic amines) is 2. The molecule has 7 rings (SSSR count). The lowest BCUT2D eigenvalue weighted by molar-refractivity contribution is -0.122. The van der Waals surface area contributed by atoms with Crippen molar-refractivity contribution in [1.82, 2.24) is 29.7 Å². The molecule has 6 heterocycles. The van der Waals surface area contributed by atoms with Gasteiger partial charge in [-0.2, -0.15) is 10.5 Å². The average Bonchev–Trinajstić information content (AvgIpc) is 4.04. The number of nitriles is 2. The van der Waals surface area contributed by atoms with E-state index < -0.39 is 5.60 Å². The molecule has 3 N–H and O–H groups in total. The molecule has 2 atom stereocenters. The number of aromatic nitrogens is 4. The van der Waals surface area contributed by atoms with E-state index >= 15 is 0 Å². The first kappa shape index (κ1) is 54.5. The van der Waals surface area contributed by atoms with Crippen molar-refractivity contribution in [3.63, 3.8) is 0 Å². The van der Waals surface area contributed by atoms with Gasteiger partial charge in [0.25, 0.3) is 0 Å². The lowest BCUT2D eigenvalue weighted by Gasteiger charge is -2.25. The first-order valence-corrected chi connectivity index (χ1v) is 24.4. The number of pyridine rings is 4. The standard InChI is InChI=1S/C20H19N5O.C17H24BrN3O3.C7H9BrN2.C5H5BrN2/c1-2-25(20(26)18-9-10-24(13-18)14-22)19-8-7-17(12-23-19)16-5-3-15(11-21)4-6-16;1-5-21(14-7-6-13(18)10-19-14)15(22)12-8-9-20(11-12)16(23)24-17(2,3)4;1-2-9-7-4-3-6(8)5-10-7;6-4-1-2-5(7)8-3-4/h3-8,12,18H,2,9-10,13H2,1H3;6-7,10,12H,5,8-9,11H2,1-4H3;3-5H,2H2,1H3,(H,9,10);1-3H,(H2,7,8)/t18-;12-;;/m11../s1. The molecule has 0 unspecified atom stereocenters. The molecule has 68 heavy (non-hydrogen) atoms. The highest BCUT2D eigenvalue weighted by Crippen LogP contribution is 2.26. The van der Waals surface area contributed by atoms with E-state index in [0.29, 0.717) is 75.1 Å².